The van der Waals surface area contributed by atoms with Crippen LogP contribution in [0.15, 0.2) is 48.5 Å². The average molecular weight is 475 g/mol. The van der Waals surface area contributed by atoms with E-state index in [0.29, 0.717) is 35.5 Å². The maximum absolute atomic E-state index is 13.2. The van der Waals surface area contributed by atoms with Crippen molar-refractivity contribution < 1.29 is 23.5 Å². The number of nitrogens with zero attached hydrogens (tertiary/aromatic N) is 1. The molecule has 1 N–H and O–H groups in total. The highest BCUT2D eigenvalue weighted by Crippen LogP contribution is 2.27. The van der Waals surface area contributed by atoms with Crippen LogP contribution in [0.4, 0.5) is 4.39 Å². The van der Waals surface area contributed by atoms with Gasteiger partial charge in [0.2, 0.25) is 5.91 Å². The van der Waals surface area contributed by atoms with Crippen LogP contribution in [-0.2, 0) is 14.3 Å². The molecule has 176 valence electrons. The maximum Gasteiger partial charge on any atom is 0.308 e. The lowest BCUT2D eigenvalue weighted by Crippen LogP contribution is -2.46. The van der Waals surface area contributed by atoms with E-state index in [2.05, 4.69) is 5.32 Å². The Morgan fingerprint density at radius 2 is 1.85 bits per heavy atom. The van der Waals surface area contributed by atoms with Gasteiger partial charge in [-0.05, 0) is 62.6 Å². The fraction of sp³-hybridized carbons (Fsp3) is 0.400. The fourth-order valence-corrected chi connectivity index (χ4v) is 4.18. The number of hydrogen-bond donors (Lipinski definition) is 1. The number of nitrogens with one attached hydrogen (secondary N) is 1. The molecule has 1 saturated heterocycles. The van der Waals surface area contributed by atoms with Gasteiger partial charge in [-0.25, -0.2) is 4.39 Å². The molecule has 0 spiro atoms. The van der Waals surface area contributed by atoms with Crippen molar-refractivity contribution in [2.45, 2.75) is 45.3 Å². The average Bonchev–Trinajstić information content (AvgIpc) is 2.78. The van der Waals surface area contributed by atoms with E-state index < -0.39 is 23.7 Å². The van der Waals surface area contributed by atoms with Crippen LogP contribution in [0.1, 0.15) is 55.1 Å². The van der Waals surface area contributed by atoms with Gasteiger partial charge in [-0.15, -0.1) is 0 Å². The second-order valence-electron chi connectivity index (χ2n) is 8.42. The quantitative estimate of drug-likeness (QED) is 0.598. The lowest BCUT2D eigenvalue weighted by atomic mass is 9.95. The first-order chi connectivity index (χ1) is 15.7. The van der Waals surface area contributed by atoms with Gasteiger partial charge < -0.3 is 15.0 Å². The van der Waals surface area contributed by atoms with Crippen molar-refractivity contribution >= 4 is 29.4 Å². The summed E-state index contributed by atoms with van der Waals surface area (Å²) in [7, 11) is 0. The van der Waals surface area contributed by atoms with Gasteiger partial charge in [0.1, 0.15) is 5.82 Å². The van der Waals surface area contributed by atoms with Crippen LogP contribution < -0.4 is 5.32 Å². The molecule has 0 unspecified atom stereocenters. The molecule has 3 rings (SSSR count). The lowest BCUT2D eigenvalue weighted by molar-refractivity contribution is -0.148. The number of hydrogen-bond acceptors (Lipinski definition) is 4. The Labute approximate surface area is 198 Å². The molecule has 0 aromatic heterocycles. The first kappa shape index (κ1) is 24.7. The van der Waals surface area contributed by atoms with E-state index in [-0.39, 0.29) is 30.9 Å². The summed E-state index contributed by atoms with van der Waals surface area (Å²) in [5, 5.41) is 3.38. The Morgan fingerprint density at radius 1 is 1.15 bits per heavy atom. The van der Waals surface area contributed by atoms with Gasteiger partial charge in [0, 0.05) is 23.7 Å². The molecule has 0 radical (unpaired) electrons. The summed E-state index contributed by atoms with van der Waals surface area (Å²) < 4.78 is 18.5. The number of piperidine rings is 1. The fourth-order valence-electron chi connectivity index (χ4n) is 3.91. The summed E-state index contributed by atoms with van der Waals surface area (Å²) >= 11 is 6.34. The lowest BCUT2D eigenvalue weighted by Gasteiger charge is -2.33. The molecular weight excluding hydrogens is 447 g/mol. The summed E-state index contributed by atoms with van der Waals surface area (Å²) in [4.78, 5) is 39.9. The van der Waals surface area contributed by atoms with E-state index in [0.717, 1.165) is 0 Å². The summed E-state index contributed by atoms with van der Waals surface area (Å²) in [5.41, 5.74) is 1.01. The van der Waals surface area contributed by atoms with E-state index >= 15 is 0 Å². The Bertz CT molecular complexity index is 996. The number of halogens is 2. The molecule has 6 nitrogen and oxygen atoms in total. The van der Waals surface area contributed by atoms with E-state index in [1.165, 1.54) is 24.3 Å². The van der Waals surface area contributed by atoms with E-state index in [1.807, 2.05) is 0 Å². The van der Waals surface area contributed by atoms with Crippen LogP contribution >= 0.6 is 11.6 Å². The SMILES string of the molecule is CC(C)OC(=O)C[C@H](NC(=O)[C@@H]1CCCN(C(=O)c2ccc(F)cc2)C1)c1ccccc1Cl. The summed E-state index contributed by atoms with van der Waals surface area (Å²) in [6.07, 6.45) is 0.949. The molecule has 8 heteroatoms. The molecule has 2 atom stereocenters. The van der Waals surface area contributed by atoms with Crippen LogP contribution in [-0.4, -0.2) is 41.9 Å². The van der Waals surface area contributed by atoms with Crippen molar-refractivity contribution in [1.82, 2.24) is 10.2 Å². The second-order valence-corrected chi connectivity index (χ2v) is 8.83. The first-order valence-corrected chi connectivity index (χ1v) is 11.4. The topological polar surface area (TPSA) is 75.7 Å². The minimum absolute atomic E-state index is 0.0569. The van der Waals surface area contributed by atoms with Gasteiger partial charge in [-0.2, -0.15) is 0 Å². The van der Waals surface area contributed by atoms with Crippen molar-refractivity contribution in [3.63, 3.8) is 0 Å². The van der Waals surface area contributed by atoms with E-state index in [4.69, 9.17) is 16.3 Å². The molecule has 0 saturated carbocycles. The Balaban J connectivity index is 1.71. The molecule has 0 bridgehead atoms. The van der Waals surface area contributed by atoms with E-state index in [1.54, 1.807) is 43.0 Å². The van der Waals surface area contributed by atoms with E-state index in [9.17, 15) is 18.8 Å². The zero-order chi connectivity index (χ0) is 24.0. The minimum atomic E-state index is -0.652. The van der Waals surface area contributed by atoms with Gasteiger partial charge in [0.25, 0.3) is 5.91 Å². The monoisotopic (exact) mass is 474 g/mol. The number of esters is 1. The van der Waals surface area contributed by atoms with Crippen LogP contribution in [0.3, 0.4) is 0 Å². The standard InChI is InChI=1S/C25H28ClFN2O4/c1-16(2)33-23(30)14-22(20-7-3-4-8-21(20)26)28-24(31)18-6-5-13-29(15-18)25(32)17-9-11-19(27)12-10-17/h3-4,7-12,16,18,22H,5-6,13-15H2,1-2H3,(H,28,31)/t18-,22+/m1/s1. The molecule has 1 aliphatic rings. The third-order valence-corrected chi connectivity index (χ3v) is 5.85. The largest absolute Gasteiger partial charge is 0.463 e. The van der Waals surface area contributed by atoms with Crippen LogP contribution in [0, 0.1) is 11.7 Å². The molecule has 2 aromatic carbocycles. The highest BCUT2D eigenvalue weighted by Gasteiger charge is 2.31. The van der Waals surface area contributed by atoms with Crippen LogP contribution in [0.2, 0.25) is 5.02 Å². The first-order valence-electron chi connectivity index (χ1n) is 11.0. The van der Waals surface area contributed by atoms with Crippen molar-refractivity contribution in [3.8, 4) is 0 Å². The van der Waals surface area contributed by atoms with Crippen molar-refractivity contribution in [1.29, 1.82) is 0 Å². The normalized spacial score (nSPS) is 16.9. The Hall–Kier alpha value is -2.93. The van der Waals surface area contributed by atoms with Gasteiger partial charge in [0.05, 0.1) is 24.5 Å². The number of rotatable bonds is 7. The minimum Gasteiger partial charge on any atom is -0.463 e. The molecular formula is C25H28ClFN2O4. The zero-order valence-corrected chi connectivity index (χ0v) is 19.5. The number of benzene rings is 2. The number of carbonyl (C=O) groups excluding carboxylic acids is 3. The van der Waals surface area contributed by atoms with Crippen LogP contribution in [0.5, 0.6) is 0 Å². The highest BCUT2D eigenvalue weighted by molar-refractivity contribution is 6.31. The van der Waals surface area contributed by atoms with Gasteiger partial charge in [0.15, 0.2) is 0 Å². The van der Waals surface area contributed by atoms with Crippen molar-refractivity contribution in [3.05, 3.63) is 70.5 Å². The predicted molar refractivity (Wildman–Crippen MR) is 123 cm³/mol. The molecule has 2 amide bonds. The molecule has 33 heavy (non-hydrogen) atoms. The molecule has 1 fully saturated rings. The summed E-state index contributed by atoms with van der Waals surface area (Å²) in [5.74, 6) is -1.78. The molecule has 1 aliphatic heterocycles. The summed E-state index contributed by atoms with van der Waals surface area (Å²) in [6, 6.07) is 11.7. The van der Waals surface area contributed by atoms with Crippen molar-refractivity contribution in [2.75, 3.05) is 13.1 Å². The Kier molecular flexibility index (Phi) is 8.44. The van der Waals surface area contributed by atoms with Crippen molar-refractivity contribution in [2.24, 2.45) is 5.92 Å². The second kappa shape index (κ2) is 11.3. The number of ether oxygens (including phenoxy) is 1. The zero-order valence-electron chi connectivity index (χ0n) is 18.7. The number of likely N-dealkylation sites (tertiary alicyclic amines) is 1. The highest BCUT2D eigenvalue weighted by atomic mass is 35.5. The molecule has 2 aromatic rings. The van der Waals surface area contributed by atoms with Gasteiger partial charge in [-0.3, -0.25) is 14.4 Å². The third kappa shape index (κ3) is 6.78. The van der Waals surface area contributed by atoms with Gasteiger partial charge >= 0.3 is 5.97 Å². The molecule has 1 heterocycles. The summed E-state index contributed by atoms with van der Waals surface area (Å²) in [6.45, 7) is 4.29. The van der Waals surface area contributed by atoms with Gasteiger partial charge in [-0.1, -0.05) is 29.8 Å². The molecule has 0 aliphatic carbocycles. The number of carbonyl (C=O) groups is 3. The third-order valence-electron chi connectivity index (χ3n) is 5.51. The Morgan fingerprint density at radius 3 is 2.52 bits per heavy atom. The maximum atomic E-state index is 13.2. The smallest absolute Gasteiger partial charge is 0.308 e. The predicted octanol–water partition coefficient (Wildman–Crippen LogP) is 4.53. The number of amides is 2. The van der Waals surface area contributed by atoms with Crippen LogP contribution in [0.25, 0.3) is 0 Å².